The number of urea groups is 1. The molecule has 3 aromatic carbocycles. The van der Waals surface area contributed by atoms with Crippen molar-refractivity contribution in [3.63, 3.8) is 0 Å². The molecule has 0 aliphatic carbocycles. The second-order valence-corrected chi connectivity index (χ2v) is 8.75. The van der Waals surface area contributed by atoms with Gasteiger partial charge in [0.2, 0.25) is 0 Å². The number of nitrogens with zero attached hydrogens (tertiary/aromatic N) is 1. The van der Waals surface area contributed by atoms with Gasteiger partial charge in [-0.05, 0) is 54.5 Å². The third kappa shape index (κ3) is 5.09. The van der Waals surface area contributed by atoms with Gasteiger partial charge in [0.1, 0.15) is 17.9 Å². The number of hydrogen-bond acceptors (Lipinski definition) is 4. The van der Waals surface area contributed by atoms with Crippen molar-refractivity contribution >= 4 is 64.4 Å². The molecule has 0 radical (unpaired) electrons. The fourth-order valence-corrected chi connectivity index (χ4v) is 3.91. The first kappa shape index (κ1) is 23.8. The van der Waals surface area contributed by atoms with Gasteiger partial charge in [-0.15, -0.1) is 0 Å². The van der Waals surface area contributed by atoms with Crippen LogP contribution in [0.5, 0.6) is 5.75 Å². The molecule has 1 aliphatic heterocycles. The molecular weight excluding hydrogens is 499 g/mol. The summed E-state index contributed by atoms with van der Waals surface area (Å²) in [6, 6.07) is 16.2. The normalized spacial score (nSPS) is 15.0. The molecule has 0 aromatic heterocycles. The number of anilines is 1. The molecule has 0 unspecified atom stereocenters. The van der Waals surface area contributed by atoms with Crippen molar-refractivity contribution in [2.45, 2.75) is 13.5 Å². The van der Waals surface area contributed by atoms with E-state index < -0.39 is 17.8 Å². The lowest BCUT2D eigenvalue weighted by Gasteiger charge is -2.26. The second-order valence-electron chi connectivity index (χ2n) is 7.52. The number of aryl methyl sites for hydroxylation is 1. The van der Waals surface area contributed by atoms with Crippen molar-refractivity contribution in [3.05, 3.63) is 98.0 Å². The smallest absolute Gasteiger partial charge is 0.335 e. The Morgan fingerprint density at radius 2 is 1.71 bits per heavy atom. The highest BCUT2D eigenvalue weighted by Gasteiger charge is 2.37. The number of rotatable bonds is 5. The summed E-state index contributed by atoms with van der Waals surface area (Å²) >= 11 is 18.3. The molecular formula is C25H17Cl3N2O4. The average Bonchev–Trinajstić information content (AvgIpc) is 2.78. The van der Waals surface area contributed by atoms with Gasteiger partial charge >= 0.3 is 6.03 Å². The molecule has 0 atom stereocenters. The number of benzene rings is 3. The van der Waals surface area contributed by atoms with Gasteiger partial charge in [-0.1, -0.05) is 70.7 Å². The Kier molecular flexibility index (Phi) is 6.93. The van der Waals surface area contributed by atoms with Gasteiger partial charge in [-0.2, -0.15) is 0 Å². The van der Waals surface area contributed by atoms with E-state index in [4.69, 9.17) is 39.5 Å². The Morgan fingerprint density at radius 3 is 2.41 bits per heavy atom. The van der Waals surface area contributed by atoms with Gasteiger partial charge in [0.05, 0.1) is 20.8 Å². The maximum absolute atomic E-state index is 13.0. The topological polar surface area (TPSA) is 75.7 Å². The molecule has 6 nitrogen and oxygen atoms in total. The van der Waals surface area contributed by atoms with Crippen LogP contribution in [0.1, 0.15) is 16.7 Å². The summed E-state index contributed by atoms with van der Waals surface area (Å²) in [6.07, 6.45) is 1.35. The molecule has 34 heavy (non-hydrogen) atoms. The van der Waals surface area contributed by atoms with E-state index in [0.29, 0.717) is 22.9 Å². The molecule has 172 valence electrons. The molecule has 4 rings (SSSR count). The van der Waals surface area contributed by atoms with Crippen molar-refractivity contribution in [2.24, 2.45) is 0 Å². The third-order valence-electron chi connectivity index (χ3n) is 5.01. The van der Waals surface area contributed by atoms with E-state index in [1.165, 1.54) is 24.3 Å². The highest BCUT2D eigenvalue weighted by Crippen LogP contribution is 2.31. The van der Waals surface area contributed by atoms with Crippen LogP contribution in [0.3, 0.4) is 0 Å². The number of halogens is 3. The number of nitrogens with one attached hydrogen (secondary N) is 1. The van der Waals surface area contributed by atoms with Crippen LogP contribution < -0.4 is 15.0 Å². The van der Waals surface area contributed by atoms with Gasteiger partial charge in [0.25, 0.3) is 11.8 Å². The van der Waals surface area contributed by atoms with Crippen molar-refractivity contribution in [2.75, 3.05) is 4.90 Å². The fourth-order valence-electron chi connectivity index (χ4n) is 3.37. The monoisotopic (exact) mass is 514 g/mol. The molecule has 9 heteroatoms. The van der Waals surface area contributed by atoms with Crippen molar-refractivity contribution in [3.8, 4) is 5.75 Å². The van der Waals surface area contributed by atoms with E-state index >= 15 is 0 Å². The summed E-state index contributed by atoms with van der Waals surface area (Å²) in [7, 11) is 0. The first-order chi connectivity index (χ1) is 16.2. The van der Waals surface area contributed by atoms with Gasteiger partial charge in [0, 0.05) is 0 Å². The second kappa shape index (κ2) is 9.89. The molecule has 1 heterocycles. The summed E-state index contributed by atoms with van der Waals surface area (Å²) in [6.45, 7) is 2.33. The average molecular weight is 516 g/mol. The largest absolute Gasteiger partial charge is 0.487 e. The Labute approximate surface area is 210 Å². The molecule has 1 fully saturated rings. The van der Waals surface area contributed by atoms with Crippen molar-refractivity contribution < 1.29 is 19.1 Å². The SMILES string of the molecule is Cc1cccc(COc2ccc(/C=C3\C(=O)NC(=O)N(c4ccc(Cl)c(Cl)c4)C3=O)cc2Cl)c1. The predicted octanol–water partition coefficient (Wildman–Crippen LogP) is 6.20. The zero-order chi connectivity index (χ0) is 24.4. The molecule has 1 aliphatic rings. The van der Waals surface area contributed by atoms with Crippen LogP contribution in [0.15, 0.2) is 66.2 Å². The van der Waals surface area contributed by atoms with E-state index in [2.05, 4.69) is 5.32 Å². The van der Waals surface area contributed by atoms with Crippen LogP contribution in [-0.4, -0.2) is 17.8 Å². The first-order valence-electron chi connectivity index (χ1n) is 10.1. The number of barbiturate groups is 1. The van der Waals surface area contributed by atoms with Gasteiger partial charge in [-0.25, -0.2) is 9.69 Å². The summed E-state index contributed by atoms with van der Waals surface area (Å²) in [4.78, 5) is 38.6. The van der Waals surface area contributed by atoms with E-state index in [0.717, 1.165) is 16.0 Å². The summed E-state index contributed by atoms with van der Waals surface area (Å²) in [5.41, 5.74) is 2.54. The van der Waals surface area contributed by atoms with Crippen molar-refractivity contribution in [1.29, 1.82) is 0 Å². The van der Waals surface area contributed by atoms with Crippen LogP contribution in [0.25, 0.3) is 6.08 Å². The van der Waals surface area contributed by atoms with Crippen LogP contribution in [-0.2, 0) is 16.2 Å². The van der Waals surface area contributed by atoms with E-state index in [1.807, 2.05) is 31.2 Å². The first-order valence-corrected chi connectivity index (χ1v) is 11.2. The maximum Gasteiger partial charge on any atom is 0.335 e. The van der Waals surface area contributed by atoms with Gasteiger partial charge < -0.3 is 4.74 Å². The molecule has 0 spiro atoms. The molecule has 0 saturated carbocycles. The molecule has 1 N–H and O–H groups in total. The van der Waals surface area contributed by atoms with E-state index in [9.17, 15) is 14.4 Å². The minimum atomic E-state index is -0.886. The Balaban J connectivity index is 1.57. The Morgan fingerprint density at radius 1 is 0.912 bits per heavy atom. The van der Waals surface area contributed by atoms with Crippen LogP contribution >= 0.6 is 34.8 Å². The number of carbonyl (C=O) groups is 3. The summed E-state index contributed by atoms with van der Waals surface area (Å²) in [5.74, 6) is -1.16. The molecule has 3 aromatic rings. The number of carbonyl (C=O) groups excluding carboxylic acids is 3. The van der Waals surface area contributed by atoms with Gasteiger partial charge in [0.15, 0.2) is 0 Å². The van der Waals surface area contributed by atoms with E-state index in [1.54, 1.807) is 18.2 Å². The lowest BCUT2D eigenvalue weighted by atomic mass is 10.1. The molecule has 4 amide bonds. The number of amides is 4. The lowest BCUT2D eigenvalue weighted by molar-refractivity contribution is -0.122. The highest BCUT2D eigenvalue weighted by molar-refractivity contribution is 6.43. The maximum atomic E-state index is 13.0. The zero-order valence-electron chi connectivity index (χ0n) is 17.8. The quantitative estimate of drug-likeness (QED) is 0.324. The predicted molar refractivity (Wildman–Crippen MR) is 132 cm³/mol. The number of ether oxygens (including phenoxy) is 1. The highest BCUT2D eigenvalue weighted by atomic mass is 35.5. The minimum absolute atomic E-state index is 0.162. The Bertz CT molecular complexity index is 1350. The summed E-state index contributed by atoms with van der Waals surface area (Å²) in [5, 5.41) is 2.89. The standard InChI is InChI=1S/C25H17Cl3N2O4/c1-14-3-2-4-16(9-14)13-34-22-8-5-15(11-21(22)28)10-18-23(31)29-25(33)30(24(18)32)17-6-7-19(26)20(27)12-17/h2-12H,13H2,1H3,(H,29,31,33)/b18-10+. The van der Waals surface area contributed by atoms with Crippen LogP contribution in [0.2, 0.25) is 15.1 Å². The van der Waals surface area contributed by atoms with Crippen LogP contribution in [0, 0.1) is 6.92 Å². The minimum Gasteiger partial charge on any atom is -0.487 e. The number of imide groups is 2. The number of hydrogen-bond donors (Lipinski definition) is 1. The van der Waals surface area contributed by atoms with E-state index in [-0.39, 0.29) is 21.3 Å². The van der Waals surface area contributed by atoms with Gasteiger partial charge in [-0.3, -0.25) is 14.9 Å². The fraction of sp³-hybridized carbons (Fsp3) is 0.0800. The lowest BCUT2D eigenvalue weighted by Crippen LogP contribution is -2.54. The molecule has 1 saturated heterocycles. The van der Waals surface area contributed by atoms with Crippen molar-refractivity contribution in [1.82, 2.24) is 5.32 Å². The summed E-state index contributed by atoms with van der Waals surface area (Å²) < 4.78 is 5.80. The zero-order valence-corrected chi connectivity index (χ0v) is 20.0. The molecule has 0 bridgehead atoms. The Hall–Kier alpha value is -3.32. The third-order valence-corrected chi connectivity index (χ3v) is 6.04. The van der Waals surface area contributed by atoms with Crippen LogP contribution in [0.4, 0.5) is 10.5 Å².